The Hall–Kier alpha value is -3.13. The van der Waals surface area contributed by atoms with Gasteiger partial charge in [0.15, 0.2) is 0 Å². The number of amides is 1. The quantitative estimate of drug-likeness (QED) is 0.343. The van der Waals surface area contributed by atoms with E-state index in [4.69, 9.17) is 4.74 Å². The molecule has 1 aromatic heterocycles. The van der Waals surface area contributed by atoms with Gasteiger partial charge < -0.3 is 25.6 Å². The van der Waals surface area contributed by atoms with E-state index in [0.29, 0.717) is 29.8 Å². The summed E-state index contributed by atoms with van der Waals surface area (Å²) < 4.78 is 62.9. The van der Waals surface area contributed by atoms with E-state index in [0.717, 1.165) is 45.0 Å². The molecule has 0 bridgehead atoms. The van der Waals surface area contributed by atoms with E-state index in [-0.39, 0.29) is 29.8 Å². The van der Waals surface area contributed by atoms with Gasteiger partial charge in [0, 0.05) is 34.7 Å². The third kappa shape index (κ3) is 7.74. The standard InChI is InChI=1S/C26H36F3N7O3S/c1-36-12-10-17(11-13-36)31-24(37)16-8-9-21(22(14-16)39-2)33-25-30-15-18(26(27,28)29)23(34-25)32-19-6-4-5-7-20(19)35-40(3)38/h8-9,14-15,17,19-20,40H,4-7,10-13H2,1-3H3,(H,31,37)(H2,30,32,33,34)/t19-,20-/m1/s1. The first kappa shape index (κ1) is 29.8. The molecule has 0 spiro atoms. The summed E-state index contributed by atoms with van der Waals surface area (Å²) in [6.07, 6.45) is 2.16. The minimum atomic E-state index is -4.68. The number of alkyl halides is 3. The van der Waals surface area contributed by atoms with Crippen molar-refractivity contribution in [2.24, 2.45) is 4.36 Å². The Morgan fingerprint density at radius 1 is 1.18 bits per heavy atom. The molecule has 2 aromatic rings. The summed E-state index contributed by atoms with van der Waals surface area (Å²) in [7, 11) is 1.69. The smallest absolute Gasteiger partial charge is 0.421 e. The molecule has 2 heterocycles. The predicted octanol–water partition coefficient (Wildman–Crippen LogP) is 4.09. The lowest BCUT2D eigenvalue weighted by molar-refractivity contribution is -0.137. The summed E-state index contributed by atoms with van der Waals surface area (Å²) >= 11 is 0. The maximum atomic E-state index is 13.8. The van der Waals surface area contributed by atoms with Crippen molar-refractivity contribution in [2.75, 3.05) is 44.1 Å². The maximum absolute atomic E-state index is 13.8. The number of nitrogens with one attached hydrogen (secondary N) is 3. The van der Waals surface area contributed by atoms with E-state index in [2.05, 4.69) is 35.2 Å². The minimum Gasteiger partial charge on any atom is -0.495 e. The molecule has 3 N–H and O–H groups in total. The van der Waals surface area contributed by atoms with Gasteiger partial charge in [-0.3, -0.25) is 9.00 Å². The van der Waals surface area contributed by atoms with Crippen LogP contribution in [0.3, 0.4) is 0 Å². The fourth-order valence-corrected chi connectivity index (χ4v) is 5.73. The molecule has 2 aliphatic rings. The number of carbonyl (C=O) groups excluding carboxylic acids is 1. The summed E-state index contributed by atoms with van der Waals surface area (Å²) in [5.41, 5.74) is -0.216. The van der Waals surface area contributed by atoms with E-state index in [1.165, 1.54) is 13.4 Å². The van der Waals surface area contributed by atoms with Crippen molar-refractivity contribution in [3.63, 3.8) is 0 Å². The number of hydrogen-bond donors (Lipinski definition) is 4. The van der Waals surface area contributed by atoms with Gasteiger partial charge in [-0.05, 0) is 64.0 Å². The second kappa shape index (κ2) is 13.0. The van der Waals surface area contributed by atoms with Crippen molar-refractivity contribution in [3.8, 4) is 5.75 Å². The molecule has 1 saturated carbocycles. The van der Waals surface area contributed by atoms with Crippen LogP contribution in [-0.2, 0) is 16.8 Å². The molecule has 4 rings (SSSR count). The number of carbonyl (C=O) groups is 1. The number of hydrogen-bond acceptors (Lipinski definition) is 9. The Labute approximate surface area is 233 Å². The number of anilines is 3. The molecule has 1 unspecified atom stereocenters. The molecular formula is C26H36F3N7O3S. The van der Waals surface area contributed by atoms with Crippen molar-refractivity contribution in [3.05, 3.63) is 35.5 Å². The second-order valence-electron chi connectivity index (χ2n) is 10.2. The molecule has 40 heavy (non-hydrogen) atoms. The SMILES string of the molecule is COc1cc(C(=O)NC2CCN(C)CC2)ccc1Nc1ncc(C(F)(F)F)c(N[C@@H]2CCCC[C@H]2N=[SH](C)=O)n1. The molecular weight excluding hydrogens is 547 g/mol. The Balaban J connectivity index is 1.54. The highest BCUT2D eigenvalue weighted by molar-refractivity contribution is 7.74. The fraction of sp³-hybridized carbons (Fsp3) is 0.577. The van der Waals surface area contributed by atoms with Crippen LogP contribution in [0.15, 0.2) is 28.8 Å². The van der Waals surface area contributed by atoms with Crippen LogP contribution in [0.4, 0.5) is 30.6 Å². The topological polar surface area (TPSA) is 121 Å². The molecule has 3 atom stereocenters. The lowest BCUT2D eigenvalue weighted by Crippen LogP contribution is -2.43. The third-order valence-electron chi connectivity index (χ3n) is 7.22. The van der Waals surface area contributed by atoms with Crippen molar-refractivity contribution < 1.29 is 26.9 Å². The third-order valence-corrected chi connectivity index (χ3v) is 7.84. The number of methoxy groups -OCH3 is 1. The van der Waals surface area contributed by atoms with Gasteiger partial charge in [-0.2, -0.15) is 18.2 Å². The summed E-state index contributed by atoms with van der Waals surface area (Å²) in [6, 6.07) is 4.06. The van der Waals surface area contributed by atoms with E-state index in [1.807, 2.05) is 7.05 Å². The number of benzene rings is 1. The molecule has 0 radical (unpaired) electrons. The lowest BCUT2D eigenvalue weighted by atomic mass is 9.91. The molecule has 14 heteroatoms. The first-order valence-electron chi connectivity index (χ1n) is 13.3. The molecule has 220 valence electrons. The average molecular weight is 584 g/mol. The fourth-order valence-electron chi connectivity index (χ4n) is 5.04. The summed E-state index contributed by atoms with van der Waals surface area (Å²) in [5.74, 6) is -0.371. The zero-order chi connectivity index (χ0) is 28.9. The van der Waals surface area contributed by atoms with Crippen LogP contribution in [-0.4, -0.2) is 76.6 Å². The molecule has 1 amide bonds. The summed E-state index contributed by atoms with van der Waals surface area (Å²) in [4.78, 5) is 23.1. The highest BCUT2D eigenvalue weighted by Gasteiger charge is 2.37. The summed E-state index contributed by atoms with van der Waals surface area (Å²) in [5, 5.41) is 8.88. The van der Waals surface area contributed by atoms with Crippen LogP contribution in [0, 0.1) is 0 Å². The van der Waals surface area contributed by atoms with E-state index in [1.54, 1.807) is 18.2 Å². The first-order valence-corrected chi connectivity index (χ1v) is 15.0. The summed E-state index contributed by atoms with van der Waals surface area (Å²) in [6.45, 7) is 1.83. The number of ether oxygens (including phenoxy) is 1. The Morgan fingerprint density at radius 3 is 2.58 bits per heavy atom. The molecule has 10 nitrogen and oxygen atoms in total. The van der Waals surface area contributed by atoms with Gasteiger partial charge in [0.2, 0.25) is 5.95 Å². The first-order chi connectivity index (χ1) is 19.0. The number of halogens is 3. The number of nitrogens with zero attached hydrogens (tertiary/aromatic N) is 4. The number of thiol groups is 1. The van der Waals surface area contributed by atoms with Crippen LogP contribution in [0.1, 0.15) is 54.4 Å². The monoisotopic (exact) mass is 583 g/mol. The largest absolute Gasteiger partial charge is 0.495 e. The second-order valence-corrected chi connectivity index (χ2v) is 11.4. The van der Waals surface area contributed by atoms with Gasteiger partial charge in [0.1, 0.15) is 17.1 Å². The predicted molar refractivity (Wildman–Crippen MR) is 149 cm³/mol. The van der Waals surface area contributed by atoms with Gasteiger partial charge in [0.25, 0.3) is 5.91 Å². The number of piperidine rings is 1. The van der Waals surface area contributed by atoms with Gasteiger partial charge in [-0.25, -0.2) is 9.35 Å². The van der Waals surface area contributed by atoms with E-state index >= 15 is 0 Å². The zero-order valence-electron chi connectivity index (χ0n) is 22.8. The van der Waals surface area contributed by atoms with Crippen LogP contribution in [0.2, 0.25) is 0 Å². The van der Waals surface area contributed by atoms with E-state index < -0.39 is 28.4 Å². The maximum Gasteiger partial charge on any atom is 0.421 e. The van der Waals surface area contributed by atoms with Crippen molar-refractivity contribution in [2.45, 2.75) is 62.8 Å². The van der Waals surface area contributed by atoms with Crippen LogP contribution >= 0.6 is 0 Å². The molecule has 1 aliphatic carbocycles. The molecule has 1 aliphatic heterocycles. The highest BCUT2D eigenvalue weighted by Crippen LogP contribution is 2.36. The van der Waals surface area contributed by atoms with Crippen LogP contribution < -0.4 is 20.7 Å². The van der Waals surface area contributed by atoms with Crippen LogP contribution in [0.25, 0.3) is 0 Å². The van der Waals surface area contributed by atoms with E-state index in [9.17, 15) is 22.2 Å². The van der Waals surface area contributed by atoms with Crippen molar-refractivity contribution >= 4 is 34.0 Å². The molecule has 1 saturated heterocycles. The molecule has 1 aromatic carbocycles. The Morgan fingerprint density at radius 2 is 1.90 bits per heavy atom. The van der Waals surface area contributed by atoms with Crippen molar-refractivity contribution in [1.29, 1.82) is 0 Å². The highest BCUT2D eigenvalue weighted by atomic mass is 32.2. The van der Waals surface area contributed by atoms with Crippen LogP contribution in [0.5, 0.6) is 5.75 Å². The normalized spacial score (nSPS) is 21.6. The van der Waals surface area contributed by atoms with Gasteiger partial charge >= 0.3 is 6.18 Å². The average Bonchev–Trinajstić information content (AvgIpc) is 2.90. The Kier molecular flexibility index (Phi) is 9.72. The molecule has 2 fully saturated rings. The van der Waals surface area contributed by atoms with Gasteiger partial charge in [-0.1, -0.05) is 12.8 Å². The Bertz CT molecular complexity index is 1280. The minimum absolute atomic E-state index is 0.0804. The number of rotatable bonds is 8. The van der Waals surface area contributed by atoms with Gasteiger partial charge in [-0.15, -0.1) is 0 Å². The van der Waals surface area contributed by atoms with Gasteiger partial charge in [0.05, 0.1) is 24.9 Å². The number of likely N-dealkylation sites (tertiary alicyclic amines) is 1. The lowest BCUT2D eigenvalue weighted by Gasteiger charge is -2.30. The van der Waals surface area contributed by atoms with Crippen molar-refractivity contribution in [1.82, 2.24) is 20.2 Å². The zero-order valence-corrected chi connectivity index (χ0v) is 23.7. The number of aromatic nitrogens is 2.